The first-order valence-electron chi connectivity index (χ1n) is 5.76. The summed E-state index contributed by atoms with van der Waals surface area (Å²) in [5.41, 5.74) is 1.000. The number of rotatable bonds is 6. The fourth-order valence-corrected chi connectivity index (χ4v) is 2.11. The molecule has 0 bridgehead atoms. The third kappa shape index (κ3) is 3.91. The van der Waals surface area contributed by atoms with Gasteiger partial charge < -0.3 is 9.73 Å². The third-order valence-corrected chi connectivity index (χ3v) is 3.32. The van der Waals surface area contributed by atoms with Gasteiger partial charge in [0.25, 0.3) is 10.0 Å². The van der Waals surface area contributed by atoms with E-state index in [2.05, 4.69) is 10.4 Å². The summed E-state index contributed by atoms with van der Waals surface area (Å²) in [6.07, 6.45) is 2.68. The summed E-state index contributed by atoms with van der Waals surface area (Å²) in [7, 11) is -1.89. The minimum atomic E-state index is -3.76. The summed E-state index contributed by atoms with van der Waals surface area (Å²) in [6.45, 7) is 1.17. The Morgan fingerprint density at radius 1 is 1.42 bits per heavy atom. The topological polar surface area (TPSA) is 103 Å². The molecule has 0 radical (unpaired) electrons. The zero-order chi connectivity index (χ0) is 13.9. The molecule has 0 saturated heterocycles. The highest BCUT2D eigenvalue weighted by Crippen LogP contribution is 2.11. The average Bonchev–Trinajstić information content (AvgIpc) is 2.93. The second-order valence-corrected chi connectivity index (χ2v) is 5.67. The molecule has 0 saturated carbocycles. The molecular formula is C11H16N4O3S. The van der Waals surface area contributed by atoms with Crippen LogP contribution in [0.25, 0.3) is 0 Å². The standard InChI is InChI=1S/C11H16N4O3S/c1-15-7-5-9(14-15)4-6-13-8-10-2-3-11(18-10)19(12,16)17/h2-3,5,7,13H,4,6,8H2,1H3,(H2,12,16,17). The molecule has 8 heteroatoms. The Hall–Kier alpha value is -1.64. The molecule has 2 aromatic heterocycles. The van der Waals surface area contributed by atoms with Crippen molar-refractivity contribution in [1.82, 2.24) is 15.1 Å². The molecule has 0 aliphatic heterocycles. The van der Waals surface area contributed by atoms with Crippen LogP contribution >= 0.6 is 0 Å². The largest absolute Gasteiger partial charge is 0.447 e. The van der Waals surface area contributed by atoms with Crippen LogP contribution in [0.4, 0.5) is 0 Å². The van der Waals surface area contributed by atoms with Gasteiger partial charge >= 0.3 is 0 Å². The summed E-state index contributed by atoms with van der Waals surface area (Å²) < 4.78 is 28.9. The highest BCUT2D eigenvalue weighted by Gasteiger charge is 2.12. The lowest BCUT2D eigenvalue weighted by Gasteiger charge is -2.00. The average molecular weight is 284 g/mol. The van der Waals surface area contributed by atoms with Gasteiger partial charge in [-0.2, -0.15) is 5.10 Å². The third-order valence-electron chi connectivity index (χ3n) is 2.54. The van der Waals surface area contributed by atoms with E-state index in [1.807, 2.05) is 19.3 Å². The maximum absolute atomic E-state index is 11.0. The van der Waals surface area contributed by atoms with Crippen molar-refractivity contribution in [2.45, 2.75) is 18.1 Å². The van der Waals surface area contributed by atoms with E-state index in [9.17, 15) is 8.42 Å². The molecule has 2 rings (SSSR count). The van der Waals surface area contributed by atoms with E-state index in [4.69, 9.17) is 9.56 Å². The number of nitrogens with zero attached hydrogens (tertiary/aromatic N) is 2. The van der Waals surface area contributed by atoms with Crippen LogP contribution in [0, 0.1) is 0 Å². The molecule has 2 aromatic rings. The molecule has 104 valence electrons. The number of primary sulfonamides is 1. The van der Waals surface area contributed by atoms with Crippen molar-refractivity contribution in [3.05, 3.63) is 35.9 Å². The first-order valence-corrected chi connectivity index (χ1v) is 7.30. The SMILES string of the molecule is Cn1ccc(CCNCc2ccc(S(N)(=O)=O)o2)n1. The first kappa shape index (κ1) is 13.8. The van der Waals surface area contributed by atoms with E-state index in [0.29, 0.717) is 12.3 Å². The van der Waals surface area contributed by atoms with Crippen LogP contribution in [0.15, 0.2) is 33.9 Å². The van der Waals surface area contributed by atoms with Gasteiger partial charge in [0.15, 0.2) is 0 Å². The highest BCUT2D eigenvalue weighted by molar-refractivity contribution is 7.89. The normalized spacial score (nSPS) is 11.9. The van der Waals surface area contributed by atoms with Gasteiger partial charge in [-0.15, -0.1) is 0 Å². The Labute approximate surface area is 111 Å². The van der Waals surface area contributed by atoms with E-state index in [-0.39, 0.29) is 5.09 Å². The second-order valence-electron chi connectivity index (χ2n) is 4.17. The van der Waals surface area contributed by atoms with Crippen LogP contribution in [0.1, 0.15) is 11.5 Å². The minimum Gasteiger partial charge on any atom is -0.447 e. The van der Waals surface area contributed by atoms with Crippen molar-refractivity contribution < 1.29 is 12.8 Å². The Morgan fingerprint density at radius 3 is 2.79 bits per heavy atom. The molecule has 0 aliphatic rings. The molecule has 0 aliphatic carbocycles. The molecule has 2 heterocycles. The molecule has 0 aromatic carbocycles. The maximum Gasteiger partial charge on any atom is 0.271 e. The van der Waals surface area contributed by atoms with Crippen molar-refractivity contribution >= 4 is 10.0 Å². The molecule has 0 amide bonds. The molecule has 19 heavy (non-hydrogen) atoms. The monoisotopic (exact) mass is 284 g/mol. The van der Waals surface area contributed by atoms with E-state index in [0.717, 1.165) is 18.7 Å². The second kappa shape index (κ2) is 5.55. The smallest absolute Gasteiger partial charge is 0.271 e. The Morgan fingerprint density at radius 2 is 2.21 bits per heavy atom. The van der Waals surface area contributed by atoms with Crippen molar-refractivity contribution in [2.24, 2.45) is 12.2 Å². The van der Waals surface area contributed by atoms with Crippen molar-refractivity contribution in [2.75, 3.05) is 6.54 Å². The lowest BCUT2D eigenvalue weighted by molar-refractivity contribution is 0.403. The van der Waals surface area contributed by atoms with Crippen LogP contribution in [-0.4, -0.2) is 24.7 Å². The van der Waals surface area contributed by atoms with Gasteiger partial charge in [-0.1, -0.05) is 0 Å². The summed E-state index contributed by atoms with van der Waals surface area (Å²) in [6, 6.07) is 4.90. The highest BCUT2D eigenvalue weighted by atomic mass is 32.2. The fraction of sp³-hybridized carbons (Fsp3) is 0.364. The molecule has 0 unspecified atom stereocenters. The van der Waals surface area contributed by atoms with Crippen LogP contribution < -0.4 is 10.5 Å². The number of aryl methyl sites for hydroxylation is 1. The van der Waals surface area contributed by atoms with Gasteiger partial charge in [-0.05, 0) is 18.2 Å². The van der Waals surface area contributed by atoms with Crippen LogP contribution in [-0.2, 0) is 30.0 Å². The molecule has 0 atom stereocenters. The van der Waals surface area contributed by atoms with Crippen LogP contribution in [0.3, 0.4) is 0 Å². The molecule has 3 N–H and O–H groups in total. The van der Waals surface area contributed by atoms with E-state index >= 15 is 0 Å². The quantitative estimate of drug-likeness (QED) is 0.726. The molecule has 0 fully saturated rings. The van der Waals surface area contributed by atoms with E-state index in [1.54, 1.807) is 10.7 Å². The van der Waals surface area contributed by atoms with Crippen molar-refractivity contribution in [3.8, 4) is 0 Å². The van der Waals surface area contributed by atoms with Crippen LogP contribution in [0.2, 0.25) is 0 Å². The van der Waals surface area contributed by atoms with Gasteiger partial charge in [0.1, 0.15) is 5.76 Å². The number of nitrogens with two attached hydrogens (primary N) is 1. The van der Waals surface area contributed by atoms with Crippen molar-refractivity contribution in [1.29, 1.82) is 0 Å². The Bertz CT molecular complexity index is 644. The summed E-state index contributed by atoms with van der Waals surface area (Å²) in [4.78, 5) is 0. The zero-order valence-electron chi connectivity index (χ0n) is 10.5. The number of hydrogen-bond donors (Lipinski definition) is 2. The van der Waals surface area contributed by atoms with Crippen molar-refractivity contribution in [3.63, 3.8) is 0 Å². The Balaban J connectivity index is 1.78. The molecule has 0 spiro atoms. The van der Waals surface area contributed by atoms with E-state index in [1.165, 1.54) is 6.07 Å². The Kier molecular flexibility index (Phi) is 4.03. The predicted octanol–water partition coefficient (Wildman–Crippen LogP) is -0.00720. The summed E-state index contributed by atoms with van der Waals surface area (Å²) in [5, 5.41) is 12.1. The fourth-order valence-electron chi connectivity index (χ4n) is 1.63. The number of nitrogens with one attached hydrogen (secondary N) is 1. The molecular weight excluding hydrogens is 268 g/mol. The van der Waals surface area contributed by atoms with Gasteiger partial charge in [0.2, 0.25) is 5.09 Å². The van der Waals surface area contributed by atoms with E-state index < -0.39 is 10.0 Å². The maximum atomic E-state index is 11.0. The molecule has 7 nitrogen and oxygen atoms in total. The predicted molar refractivity (Wildman–Crippen MR) is 68.7 cm³/mol. The number of aromatic nitrogens is 2. The zero-order valence-corrected chi connectivity index (χ0v) is 11.4. The van der Waals surface area contributed by atoms with Gasteiger partial charge in [-0.25, -0.2) is 13.6 Å². The van der Waals surface area contributed by atoms with Gasteiger partial charge in [0, 0.05) is 26.2 Å². The number of furan rings is 1. The summed E-state index contributed by atoms with van der Waals surface area (Å²) >= 11 is 0. The lowest BCUT2D eigenvalue weighted by atomic mass is 10.3. The summed E-state index contributed by atoms with van der Waals surface area (Å²) in [5.74, 6) is 0.532. The van der Waals surface area contributed by atoms with Crippen LogP contribution in [0.5, 0.6) is 0 Å². The number of hydrogen-bond acceptors (Lipinski definition) is 5. The lowest BCUT2D eigenvalue weighted by Crippen LogP contribution is -2.16. The van der Waals surface area contributed by atoms with Gasteiger partial charge in [0.05, 0.1) is 12.2 Å². The first-order chi connectivity index (χ1) is 8.95. The number of sulfonamides is 1. The van der Waals surface area contributed by atoms with Gasteiger partial charge in [-0.3, -0.25) is 4.68 Å². The minimum absolute atomic E-state index is 0.214.